The molecular formula is C18H21ClN2O6. The second-order valence-electron chi connectivity index (χ2n) is 6.01. The van der Waals surface area contributed by atoms with Crippen LogP contribution >= 0.6 is 11.6 Å². The van der Waals surface area contributed by atoms with Gasteiger partial charge in [-0.1, -0.05) is 11.6 Å². The molecule has 0 spiro atoms. The zero-order valence-corrected chi connectivity index (χ0v) is 15.9. The lowest BCUT2D eigenvalue weighted by Crippen LogP contribution is -2.32. The van der Waals surface area contributed by atoms with Crippen LogP contribution in [0.5, 0.6) is 5.75 Å². The maximum absolute atomic E-state index is 12.2. The van der Waals surface area contributed by atoms with E-state index in [9.17, 15) is 19.2 Å². The first-order chi connectivity index (χ1) is 12.8. The Morgan fingerprint density at radius 3 is 2.56 bits per heavy atom. The van der Waals surface area contributed by atoms with Crippen LogP contribution in [0.15, 0.2) is 18.2 Å². The third kappa shape index (κ3) is 5.68. The number of hydrogen-bond acceptors (Lipinski definition) is 6. The van der Waals surface area contributed by atoms with Crippen molar-refractivity contribution in [2.45, 2.75) is 38.7 Å². The summed E-state index contributed by atoms with van der Waals surface area (Å²) in [5, 5.41) is 3.02. The molecule has 0 aliphatic carbocycles. The van der Waals surface area contributed by atoms with Crippen molar-refractivity contribution in [3.8, 4) is 5.75 Å². The van der Waals surface area contributed by atoms with E-state index in [1.165, 1.54) is 20.1 Å². The van der Waals surface area contributed by atoms with Gasteiger partial charge < -0.3 is 14.8 Å². The molecule has 146 valence electrons. The number of halogens is 1. The summed E-state index contributed by atoms with van der Waals surface area (Å²) in [7, 11) is 1.46. The third-order valence-corrected chi connectivity index (χ3v) is 4.25. The molecule has 8 nitrogen and oxygen atoms in total. The third-order valence-electron chi connectivity index (χ3n) is 4.01. The molecule has 1 heterocycles. The molecule has 0 saturated carbocycles. The molecule has 3 amide bonds. The molecule has 0 radical (unpaired) electrons. The Hall–Kier alpha value is -2.61. The Labute approximate surface area is 161 Å². The number of ether oxygens (including phenoxy) is 2. The summed E-state index contributed by atoms with van der Waals surface area (Å²) in [5.41, 5.74) is 0.365. The molecule has 1 aromatic carbocycles. The molecular weight excluding hydrogens is 376 g/mol. The lowest BCUT2D eigenvalue weighted by atomic mass is 10.2. The molecule has 0 unspecified atom stereocenters. The summed E-state index contributed by atoms with van der Waals surface area (Å²) in [6.07, 6.45) is -0.320. The molecule has 1 atom stereocenters. The van der Waals surface area contributed by atoms with E-state index in [-0.39, 0.29) is 44.0 Å². The van der Waals surface area contributed by atoms with E-state index in [2.05, 4.69) is 5.32 Å². The van der Waals surface area contributed by atoms with Crippen LogP contribution < -0.4 is 10.1 Å². The number of nitrogens with one attached hydrogen (secondary N) is 1. The monoisotopic (exact) mass is 396 g/mol. The predicted molar refractivity (Wildman–Crippen MR) is 97.4 cm³/mol. The van der Waals surface area contributed by atoms with Gasteiger partial charge in [0.1, 0.15) is 5.75 Å². The Balaban J connectivity index is 1.80. The topological polar surface area (TPSA) is 102 Å². The lowest BCUT2D eigenvalue weighted by Gasteiger charge is -2.16. The van der Waals surface area contributed by atoms with Crippen molar-refractivity contribution in [3.05, 3.63) is 23.2 Å². The minimum atomic E-state index is -1.03. The number of anilines is 1. The first-order valence-corrected chi connectivity index (χ1v) is 8.86. The number of nitrogens with zero attached hydrogens (tertiary/aromatic N) is 1. The normalized spacial score (nSPS) is 14.9. The Morgan fingerprint density at radius 2 is 1.93 bits per heavy atom. The standard InChI is InChI=1S/C18H21ClN2O6/c1-11(18(25)20-13-10-12(19)5-6-14(13)26-2)27-17(24)4-3-9-21-15(22)7-8-16(21)23/h5-6,10-11H,3-4,7-9H2,1-2H3,(H,20,25)/t11-/m0/s1. The van der Waals surface area contributed by atoms with E-state index in [0.717, 1.165) is 4.90 Å². The number of carbonyl (C=O) groups is 4. The van der Waals surface area contributed by atoms with Crippen LogP contribution in [0.2, 0.25) is 5.02 Å². The highest BCUT2D eigenvalue weighted by molar-refractivity contribution is 6.31. The fraction of sp³-hybridized carbons (Fsp3) is 0.444. The van der Waals surface area contributed by atoms with Crippen LogP contribution in [0.3, 0.4) is 0 Å². The van der Waals surface area contributed by atoms with E-state index in [4.69, 9.17) is 21.1 Å². The van der Waals surface area contributed by atoms with Crippen molar-refractivity contribution in [1.29, 1.82) is 0 Å². The molecule has 1 N–H and O–H groups in total. The largest absolute Gasteiger partial charge is 0.495 e. The van der Waals surface area contributed by atoms with Crippen LogP contribution in [0.25, 0.3) is 0 Å². The van der Waals surface area contributed by atoms with Crippen molar-refractivity contribution < 1.29 is 28.7 Å². The number of rotatable bonds is 8. The minimum Gasteiger partial charge on any atom is -0.495 e. The zero-order valence-electron chi connectivity index (χ0n) is 15.1. The molecule has 1 fully saturated rings. The van der Waals surface area contributed by atoms with Gasteiger partial charge in [-0.25, -0.2) is 0 Å². The SMILES string of the molecule is COc1ccc(Cl)cc1NC(=O)[C@H](C)OC(=O)CCCN1C(=O)CCC1=O. The molecule has 0 aromatic heterocycles. The van der Waals surface area contributed by atoms with E-state index in [1.807, 2.05) is 0 Å². The highest BCUT2D eigenvalue weighted by Crippen LogP contribution is 2.27. The average molecular weight is 397 g/mol. The number of amides is 3. The smallest absolute Gasteiger partial charge is 0.306 e. The van der Waals surface area contributed by atoms with Gasteiger partial charge >= 0.3 is 5.97 Å². The van der Waals surface area contributed by atoms with Gasteiger partial charge in [0.05, 0.1) is 12.8 Å². The van der Waals surface area contributed by atoms with Gasteiger partial charge in [0.2, 0.25) is 11.8 Å². The Kier molecular flexibility index (Phi) is 7.18. The van der Waals surface area contributed by atoms with Crippen molar-refractivity contribution in [2.24, 2.45) is 0 Å². The van der Waals surface area contributed by atoms with Gasteiger partial charge in [-0.05, 0) is 31.5 Å². The van der Waals surface area contributed by atoms with Gasteiger partial charge in [0.15, 0.2) is 6.10 Å². The van der Waals surface area contributed by atoms with E-state index in [0.29, 0.717) is 16.5 Å². The number of hydrogen-bond donors (Lipinski definition) is 1. The minimum absolute atomic E-state index is 0.00480. The first kappa shape index (κ1) is 20.7. The average Bonchev–Trinajstić information content (AvgIpc) is 2.93. The van der Waals surface area contributed by atoms with Crippen molar-refractivity contribution >= 4 is 41.0 Å². The summed E-state index contributed by atoms with van der Waals surface area (Å²) in [5.74, 6) is -1.15. The van der Waals surface area contributed by atoms with Crippen molar-refractivity contribution in [3.63, 3.8) is 0 Å². The lowest BCUT2D eigenvalue weighted by molar-refractivity contribution is -0.153. The molecule has 1 aliphatic heterocycles. The summed E-state index contributed by atoms with van der Waals surface area (Å²) in [6, 6.07) is 4.75. The summed E-state index contributed by atoms with van der Waals surface area (Å²) in [6.45, 7) is 1.62. The van der Waals surface area contributed by atoms with Gasteiger partial charge in [-0.2, -0.15) is 0 Å². The molecule has 1 saturated heterocycles. The van der Waals surface area contributed by atoms with E-state index in [1.54, 1.807) is 12.1 Å². The summed E-state index contributed by atoms with van der Waals surface area (Å²) in [4.78, 5) is 48.2. The highest BCUT2D eigenvalue weighted by atomic mass is 35.5. The van der Waals surface area contributed by atoms with Gasteiger partial charge in [-0.3, -0.25) is 24.1 Å². The van der Waals surface area contributed by atoms with Crippen LogP contribution in [0.1, 0.15) is 32.6 Å². The fourth-order valence-corrected chi connectivity index (χ4v) is 2.75. The van der Waals surface area contributed by atoms with E-state index < -0.39 is 18.0 Å². The van der Waals surface area contributed by atoms with Crippen LogP contribution in [0.4, 0.5) is 5.69 Å². The number of likely N-dealkylation sites (tertiary alicyclic amines) is 1. The van der Waals surface area contributed by atoms with Crippen LogP contribution in [0, 0.1) is 0 Å². The van der Waals surface area contributed by atoms with Gasteiger partial charge in [0.25, 0.3) is 5.91 Å². The van der Waals surface area contributed by atoms with E-state index >= 15 is 0 Å². The fourth-order valence-electron chi connectivity index (χ4n) is 2.58. The highest BCUT2D eigenvalue weighted by Gasteiger charge is 2.28. The van der Waals surface area contributed by atoms with Crippen LogP contribution in [-0.4, -0.2) is 48.3 Å². The molecule has 0 bridgehead atoms. The number of carbonyl (C=O) groups excluding carboxylic acids is 4. The summed E-state index contributed by atoms with van der Waals surface area (Å²) < 4.78 is 10.2. The maximum atomic E-state index is 12.2. The molecule has 27 heavy (non-hydrogen) atoms. The Morgan fingerprint density at radius 1 is 1.26 bits per heavy atom. The first-order valence-electron chi connectivity index (χ1n) is 8.49. The number of esters is 1. The molecule has 9 heteroatoms. The zero-order chi connectivity index (χ0) is 20.0. The van der Waals surface area contributed by atoms with Gasteiger partial charge in [0, 0.05) is 30.8 Å². The number of imide groups is 1. The molecule has 1 aliphatic rings. The summed E-state index contributed by atoms with van der Waals surface area (Å²) >= 11 is 5.91. The number of methoxy groups -OCH3 is 1. The second kappa shape index (κ2) is 9.36. The van der Waals surface area contributed by atoms with Crippen LogP contribution in [-0.2, 0) is 23.9 Å². The van der Waals surface area contributed by atoms with Crippen molar-refractivity contribution in [1.82, 2.24) is 4.90 Å². The second-order valence-corrected chi connectivity index (χ2v) is 6.45. The molecule has 1 aromatic rings. The maximum Gasteiger partial charge on any atom is 0.306 e. The predicted octanol–water partition coefficient (Wildman–Crippen LogP) is 2.15. The van der Waals surface area contributed by atoms with Crippen molar-refractivity contribution in [2.75, 3.05) is 19.0 Å². The molecule has 2 rings (SSSR count). The number of benzene rings is 1. The quantitative estimate of drug-likeness (QED) is 0.533. The Bertz CT molecular complexity index is 735. The van der Waals surface area contributed by atoms with Gasteiger partial charge in [-0.15, -0.1) is 0 Å².